The van der Waals surface area contributed by atoms with Crippen molar-refractivity contribution in [3.05, 3.63) is 6.42 Å². The Bertz CT molecular complexity index is 54.1. The van der Waals surface area contributed by atoms with E-state index < -0.39 is 12.6 Å². The molecule has 0 spiro atoms. The van der Waals surface area contributed by atoms with Gasteiger partial charge in [0.05, 0.1) is 13.0 Å². The first-order valence-corrected chi connectivity index (χ1v) is 1.44. The number of rotatable bonds is 2. The van der Waals surface area contributed by atoms with Crippen LogP contribution in [0.3, 0.4) is 0 Å². The first-order valence-electron chi connectivity index (χ1n) is 1.44. The maximum atomic E-state index is 9.38. The zero-order valence-corrected chi connectivity index (χ0v) is 3.09. The van der Waals surface area contributed by atoms with Crippen molar-refractivity contribution < 1.29 is 15.0 Å². The molecule has 0 atom stereocenters. The van der Waals surface area contributed by atoms with Gasteiger partial charge in [0.25, 0.3) is 0 Å². The molecule has 0 saturated heterocycles. The van der Waals surface area contributed by atoms with Crippen molar-refractivity contribution in [1.82, 2.24) is 0 Å². The average Bonchev–Trinajstić information content (AvgIpc) is 1.35. The number of aliphatic hydroxyl groups is 1. The van der Waals surface area contributed by atoms with Crippen molar-refractivity contribution in [3.8, 4) is 0 Å². The van der Waals surface area contributed by atoms with Crippen molar-refractivity contribution in [2.24, 2.45) is 0 Å². The van der Waals surface area contributed by atoms with Crippen LogP contribution in [0.4, 0.5) is 0 Å². The van der Waals surface area contributed by atoms with E-state index in [9.17, 15) is 4.79 Å². The van der Waals surface area contributed by atoms with E-state index in [-0.39, 0.29) is 29.6 Å². The third-order valence-electron chi connectivity index (χ3n) is 0.266. The topological polar surface area (TPSA) is 57.5 Å². The van der Waals surface area contributed by atoms with Crippen LogP contribution in [0.15, 0.2) is 0 Å². The fourth-order valence-corrected chi connectivity index (χ4v) is 0.0781. The molecule has 3 nitrogen and oxygen atoms in total. The quantitative estimate of drug-likeness (QED) is 0.434. The molecule has 0 heterocycles. The maximum absolute atomic E-state index is 9.38. The molecule has 0 saturated carbocycles. The van der Waals surface area contributed by atoms with Crippen molar-refractivity contribution in [2.75, 3.05) is 6.61 Å². The predicted octanol–water partition coefficient (Wildman–Crippen LogP) is -1.38. The molecule has 0 aromatic rings. The first-order chi connectivity index (χ1) is 2.77. The number of hydrogen-bond acceptors (Lipinski definition) is 2. The summed E-state index contributed by atoms with van der Waals surface area (Å²) in [6, 6.07) is 0. The fourth-order valence-electron chi connectivity index (χ4n) is 0.0781. The SMILES string of the molecule is O=C(O)[CH]CO.[NaH]. The standard InChI is InChI=1S/C3H5O3.Na.H/c4-2-1-3(5)6;;/h1,4H,2H2,(H,5,6);;. The van der Waals surface area contributed by atoms with Gasteiger partial charge in [-0.1, -0.05) is 0 Å². The number of carbonyl (C=O) groups is 1. The van der Waals surface area contributed by atoms with Gasteiger partial charge in [-0.25, -0.2) is 0 Å². The van der Waals surface area contributed by atoms with Gasteiger partial charge in [0.15, 0.2) is 0 Å². The van der Waals surface area contributed by atoms with Gasteiger partial charge in [-0.15, -0.1) is 0 Å². The first kappa shape index (κ1) is 10.4. The molecular weight excluding hydrogens is 107 g/mol. The predicted molar refractivity (Wildman–Crippen MR) is 26.2 cm³/mol. The molecule has 0 aliphatic heterocycles. The van der Waals surface area contributed by atoms with Crippen LogP contribution in [0.5, 0.6) is 0 Å². The van der Waals surface area contributed by atoms with Gasteiger partial charge in [-0.3, -0.25) is 4.79 Å². The summed E-state index contributed by atoms with van der Waals surface area (Å²) in [6.07, 6.45) is 0.764. The minimum atomic E-state index is -1.09. The molecule has 0 bridgehead atoms. The summed E-state index contributed by atoms with van der Waals surface area (Å²) in [6.45, 7) is -0.394. The Morgan fingerprint density at radius 1 is 1.71 bits per heavy atom. The summed E-state index contributed by atoms with van der Waals surface area (Å²) in [4.78, 5) is 9.38. The molecule has 37 valence electrons. The van der Waals surface area contributed by atoms with E-state index in [1.165, 1.54) is 0 Å². The number of aliphatic hydroxyl groups excluding tert-OH is 1. The Balaban J connectivity index is 0. The second kappa shape index (κ2) is 6.43. The van der Waals surface area contributed by atoms with Crippen LogP contribution < -0.4 is 0 Å². The fraction of sp³-hybridized carbons (Fsp3) is 0.333. The third-order valence-corrected chi connectivity index (χ3v) is 0.266. The van der Waals surface area contributed by atoms with Gasteiger partial charge in [-0.05, 0) is 0 Å². The van der Waals surface area contributed by atoms with Crippen molar-refractivity contribution in [3.63, 3.8) is 0 Å². The van der Waals surface area contributed by atoms with Gasteiger partial charge in [0, 0.05) is 0 Å². The van der Waals surface area contributed by atoms with E-state index in [4.69, 9.17) is 10.2 Å². The second-order valence-electron chi connectivity index (χ2n) is 0.725. The molecule has 0 rings (SSSR count). The summed E-state index contributed by atoms with van der Waals surface area (Å²) in [5, 5.41) is 15.5. The molecule has 0 aromatic heterocycles. The van der Waals surface area contributed by atoms with Gasteiger partial charge in [-0.2, -0.15) is 0 Å². The van der Waals surface area contributed by atoms with Crippen LogP contribution >= 0.6 is 0 Å². The van der Waals surface area contributed by atoms with E-state index in [0.717, 1.165) is 6.42 Å². The molecule has 0 aliphatic rings. The van der Waals surface area contributed by atoms with Crippen LogP contribution in [0.25, 0.3) is 0 Å². The van der Waals surface area contributed by atoms with Gasteiger partial charge < -0.3 is 10.2 Å². The van der Waals surface area contributed by atoms with E-state index in [1.54, 1.807) is 0 Å². The van der Waals surface area contributed by atoms with Gasteiger partial charge >= 0.3 is 35.5 Å². The summed E-state index contributed by atoms with van der Waals surface area (Å²) in [5.41, 5.74) is 0. The van der Waals surface area contributed by atoms with Gasteiger partial charge in [0.1, 0.15) is 0 Å². The molecule has 1 radical (unpaired) electrons. The summed E-state index contributed by atoms with van der Waals surface area (Å²) in [7, 11) is 0. The second-order valence-corrected chi connectivity index (χ2v) is 0.725. The number of hydrogen-bond donors (Lipinski definition) is 2. The Morgan fingerprint density at radius 2 is 2.14 bits per heavy atom. The third kappa shape index (κ3) is 10.7. The molecule has 2 N–H and O–H groups in total. The summed E-state index contributed by atoms with van der Waals surface area (Å²) >= 11 is 0. The molecule has 7 heavy (non-hydrogen) atoms. The molecule has 0 amide bonds. The summed E-state index contributed by atoms with van der Waals surface area (Å²) < 4.78 is 0. The van der Waals surface area contributed by atoms with Crippen molar-refractivity contribution in [2.45, 2.75) is 0 Å². The monoisotopic (exact) mass is 113 g/mol. The van der Waals surface area contributed by atoms with Crippen LogP contribution in [0.1, 0.15) is 0 Å². The number of aliphatic carboxylic acids is 1. The van der Waals surface area contributed by atoms with Crippen LogP contribution in [-0.2, 0) is 4.79 Å². The molecular formula is C3H6NaO3. The number of carboxylic acid groups (broad SMARTS) is 1. The zero-order valence-electron chi connectivity index (χ0n) is 3.09. The van der Waals surface area contributed by atoms with Crippen LogP contribution in [-0.4, -0.2) is 52.3 Å². The van der Waals surface area contributed by atoms with Crippen molar-refractivity contribution >= 4 is 35.5 Å². The normalized spacial score (nSPS) is 7.00. The molecule has 0 aliphatic carbocycles. The molecule has 0 fully saturated rings. The van der Waals surface area contributed by atoms with E-state index in [2.05, 4.69) is 0 Å². The van der Waals surface area contributed by atoms with Gasteiger partial charge in [0.2, 0.25) is 0 Å². The Kier molecular flexibility index (Phi) is 9.57. The molecule has 0 unspecified atom stereocenters. The minimum absolute atomic E-state index is 0. The Labute approximate surface area is 63.6 Å². The van der Waals surface area contributed by atoms with E-state index >= 15 is 0 Å². The zero-order chi connectivity index (χ0) is 4.99. The molecule has 0 aromatic carbocycles. The van der Waals surface area contributed by atoms with Crippen LogP contribution in [0.2, 0.25) is 0 Å². The number of carboxylic acids is 1. The molecule has 4 heteroatoms. The van der Waals surface area contributed by atoms with Crippen molar-refractivity contribution in [1.29, 1.82) is 0 Å². The Hall–Kier alpha value is 0.430. The summed E-state index contributed by atoms with van der Waals surface area (Å²) in [5.74, 6) is -1.09. The van der Waals surface area contributed by atoms with E-state index in [0.29, 0.717) is 0 Å². The Morgan fingerprint density at radius 3 is 2.14 bits per heavy atom. The van der Waals surface area contributed by atoms with E-state index in [1.807, 2.05) is 0 Å². The average molecular weight is 113 g/mol. The van der Waals surface area contributed by atoms with Crippen LogP contribution in [0, 0.1) is 6.42 Å².